The second-order valence-corrected chi connectivity index (χ2v) is 5.95. The summed E-state index contributed by atoms with van der Waals surface area (Å²) < 4.78 is 24.3. The molecule has 2 aliphatic rings. The molecule has 7 heteroatoms. The van der Waals surface area contributed by atoms with Crippen LogP contribution in [0.25, 0.3) is 0 Å². The second kappa shape index (κ2) is 6.16. The predicted octanol–water partition coefficient (Wildman–Crippen LogP) is 2.22. The van der Waals surface area contributed by atoms with Crippen LogP contribution in [0.4, 0.5) is 10.1 Å². The van der Waals surface area contributed by atoms with E-state index in [4.69, 9.17) is 9.47 Å². The average molecular weight is 344 g/mol. The van der Waals surface area contributed by atoms with Crippen molar-refractivity contribution in [3.8, 4) is 17.2 Å². The Morgan fingerprint density at radius 1 is 1.04 bits per heavy atom. The first-order valence-corrected chi connectivity index (χ1v) is 8.05. The molecule has 130 valence electrons. The second-order valence-electron chi connectivity index (χ2n) is 5.95. The van der Waals surface area contributed by atoms with Gasteiger partial charge in [0.25, 0.3) is 5.91 Å². The quantitative estimate of drug-likeness (QED) is 0.905. The maximum atomic E-state index is 13.9. The summed E-state index contributed by atoms with van der Waals surface area (Å²) in [6.45, 7) is 2.02. The highest BCUT2D eigenvalue weighted by Crippen LogP contribution is 2.38. The van der Waals surface area contributed by atoms with Gasteiger partial charge < -0.3 is 24.4 Å². The number of anilines is 1. The molecule has 4 rings (SSSR count). The van der Waals surface area contributed by atoms with Crippen molar-refractivity contribution < 1.29 is 23.8 Å². The van der Waals surface area contributed by atoms with Crippen LogP contribution in [0.2, 0.25) is 0 Å². The van der Waals surface area contributed by atoms with E-state index in [0.717, 1.165) is 0 Å². The SMILES string of the molecule is O=C(c1cc2c(cc1O)OCO2)N1CCN(c2ccccc2F)CC1. The number of piperazine rings is 1. The van der Waals surface area contributed by atoms with Crippen LogP contribution in [-0.4, -0.2) is 48.9 Å². The molecule has 0 aliphatic carbocycles. The Bertz CT molecular complexity index is 819. The first kappa shape index (κ1) is 15.6. The number of aromatic hydroxyl groups is 1. The molecule has 0 bridgehead atoms. The number of nitrogens with zero attached hydrogens (tertiary/aromatic N) is 2. The molecule has 25 heavy (non-hydrogen) atoms. The molecule has 0 saturated carbocycles. The summed E-state index contributed by atoms with van der Waals surface area (Å²) in [7, 11) is 0. The normalized spacial score (nSPS) is 16.2. The summed E-state index contributed by atoms with van der Waals surface area (Å²) in [5.41, 5.74) is 0.726. The third-order valence-electron chi connectivity index (χ3n) is 4.48. The van der Waals surface area contributed by atoms with Crippen molar-refractivity contribution in [3.05, 3.63) is 47.8 Å². The van der Waals surface area contributed by atoms with E-state index in [1.807, 2.05) is 4.90 Å². The molecule has 0 atom stereocenters. The number of phenolic OH excluding ortho intramolecular Hbond substituents is 1. The Balaban J connectivity index is 1.48. The molecule has 1 fully saturated rings. The number of hydrogen-bond acceptors (Lipinski definition) is 5. The third-order valence-corrected chi connectivity index (χ3v) is 4.48. The van der Waals surface area contributed by atoms with Gasteiger partial charge in [0.1, 0.15) is 11.6 Å². The number of hydrogen-bond donors (Lipinski definition) is 1. The molecule has 1 saturated heterocycles. The van der Waals surface area contributed by atoms with Crippen molar-refractivity contribution in [2.75, 3.05) is 37.9 Å². The van der Waals surface area contributed by atoms with E-state index in [-0.39, 0.29) is 29.8 Å². The number of carbonyl (C=O) groups is 1. The Hall–Kier alpha value is -2.96. The average Bonchev–Trinajstić information content (AvgIpc) is 3.08. The highest BCUT2D eigenvalue weighted by atomic mass is 19.1. The van der Waals surface area contributed by atoms with Crippen LogP contribution in [0.3, 0.4) is 0 Å². The number of phenols is 1. The lowest BCUT2D eigenvalue weighted by Crippen LogP contribution is -2.49. The molecular formula is C18H17FN2O4. The van der Waals surface area contributed by atoms with Crippen LogP contribution in [0.5, 0.6) is 17.2 Å². The van der Waals surface area contributed by atoms with Crippen LogP contribution < -0.4 is 14.4 Å². The van der Waals surface area contributed by atoms with Gasteiger partial charge >= 0.3 is 0 Å². The molecule has 6 nitrogen and oxygen atoms in total. The number of para-hydroxylation sites is 1. The van der Waals surface area contributed by atoms with Gasteiger partial charge in [-0.3, -0.25) is 4.79 Å². The molecule has 2 aromatic rings. The molecule has 1 amide bonds. The van der Waals surface area contributed by atoms with E-state index in [1.165, 1.54) is 18.2 Å². The summed E-state index contributed by atoms with van der Waals surface area (Å²) in [6, 6.07) is 9.50. The van der Waals surface area contributed by atoms with Crippen molar-refractivity contribution in [1.82, 2.24) is 4.90 Å². The molecule has 2 aliphatic heterocycles. The first-order valence-electron chi connectivity index (χ1n) is 8.05. The van der Waals surface area contributed by atoms with Gasteiger partial charge in [0.2, 0.25) is 6.79 Å². The summed E-state index contributed by atoms with van der Waals surface area (Å²) in [4.78, 5) is 16.3. The summed E-state index contributed by atoms with van der Waals surface area (Å²) in [5.74, 6) is 0.204. The fraction of sp³-hybridized carbons (Fsp3) is 0.278. The number of benzene rings is 2. The number of amides is 1. The standard InChI is InChI=1S/C18H17FN2O4/c19-13-3-1-2-4-14(13)20-5-7-21(8-6-20)18(23)12-9-16-17(10-15(12)22)25-11-24-16/h1-4,9-10,22H,5-8,11H2. The molecule has 0 unspecified atom stereocenters. The number of halogens is 1. The maximum Gasteiger partial charge on any atom is 0.257 e. The van der Waals surface area contributed by atoms with Gasteiger partial charge in [-0.2, -0.15) is 0 Å². The molecule has 2 heterocycles. The van der Waals surface area contributed by atoms with E-state index < -0.39 is 0 Å². The molecule has 0 spiro atoms. The first-order chi connectivity index (χ1) is 12.1. The summed E-state index contributed by atoms with van der Waals surface area (Å²) in [6.07, 6.45) is 0. The number of carbonyl (C=O) groups excluding carboxylic acids is 1. The smallest absolute Gasteiger partial charge is 0.257 e. The Morgan fingerprint density at radius 3 is 2.44 bits per heavy atom. The van der Waals surface area contributed by atoms with Gasteiger partial charge in [-0.1, -0.05) is 12.1 Å². The molecular weight excluding hydrogens is 327 g/mol. The van der Waals surface area contributed by atoms with Crippen molar-refractivity contribution in [1.29, 1.82) is 0 Å². The lowest BCUT2D eigenvalue weighted by atomic mass is 10.1. The number of fused-ring (bicyclic) bond motifs is 1. The Kier molecular flexibility index (Phi) is 3.83. The maximum absolute atomic E-state index is 13.9. The monoisotopic (exact) mass is 344 g/mol. The minimum Gasteiger partial charge on any atom is -0.507 e. The number of ether oxygens (including phenoxy) is 2. The van der Waals surface area contributed by atoms with Crippen LogP contribution in [-0.2, 0) is 0 Å². The van der Waals surface area contributed by atoms with Crippen LogP contribution in [0.1, 0.15) is 10.4 Å². The van der Waals surface area contributed by atoms with Gasteiger partial charge in [0.15, 0.2) is 11.5 Å². The predicted molar refractivity (Wildman–Crippen MR) is 88.7 cm³/mol. The van der Waals surface area contributed by atoms with E-state index in [2.05, 4.69) is 0 Å². The molecule has 0 aromatic heterocycles. The molecule has 2 aromatic carbocycles. The van der Waals surface area contributed by atoms with Crippen LogP contribution in [0, 0.1) is 5.82 Å². The van der Waals surface area contributed by atoms with Crippen molar-refractivity contribution in [2.24, 2.45) is 0 Å². The van der Waals surface area contributed by atoms with E-state index in [0.29, 0.717) is 43.4 Å². The lowest BCUT2D eigenvalue weighted by molar-refractivity contribution is 0.0743. The van der Waals surface area contributed by atoms with Gasteiger partial charge in [-0.25, -0.2) is 4.39 Å². The van der Waals surface area contributed by atoms with Crippen LogP contribution in [0.15, 0.2) is 36.4 Å². The van der Waals surface area contributed by atoms with Gasteiger partial charge in [0, 0.05) is 38.3 Å². The van der Waals surface area contributed by atoms with E-state index >= 15 is 0 Å². The van der Waals surface area contributed by atoms with Crippen molar-refractivity contribution >= 4 is 11.6 Å². The zero-order valence-electron chi connectivity index (χ0n) is 13.4. The highest BCUT2D eigenvalue weighted by Gasteiger charge is 2.27. The summed E-state index contributed by atoms with van der Waals surface area (Å²) >= 11 is 0. The number of rotatable bonds is 2. The van der Waals surface area contributed by atoms with Gasteiger partial charge in [-0.15, -0.1) is 0 Å². The van der Waals surface area contributed by atoms with Gasteiger partial charge in [0.05, 0.1) is 11.3 Å². The minimum absolute atomic E-state index is 0.0771. The Labute approximate surface area is 144 Å². The molecule has 0 radical (unpaired) electrons. The minimum atomic E-state index is -0.274. The highest BCUT2D eigenvalue weighted by molar-refractivity contribution is 5.97. The lowest BCUT2D eigenvalue weighted by Gasteiger charge is -2.36. The van der Waals surface area contributed by atoms with E-state index in [9.17, 15) is 14.3 Å². The third kappa shape index (κ3) is 2.82. The Morgan fingerprint density at radius 2 is 1.72 bits per heavy atom. The summed E-state index contributed by atoms with van der Waals surface area (Å²) in [5, 5.41) is 10.1. The van der Waals surface area contributed by atoms with Crippen LogP contribution >= 0.6 is 0 Å². The zero-order valence-corrected chi connectivity index (χ0v) is 13.4. The fourth-order valence-electron chi connectivity index (χ4n) is 3.13. The van der Waals surface area contributed by atoms with Gasteiger partial charge in [-0.05, 0) is 12.1 Å². The zero-order chi connectivity index (χ0) is 17.4. The largest absolute Gasteiger partial charge is 0.507 e. The van der Waals surface area contributed by atoms with Crippen molar-refractivity contribution in [2.45, 2.75) is 0 Å². The fourth-order valence-corrected chi connectivity index (χ4v) is 3.13. The van der Waals surface area contributed by atoms with Crippen molar-refractivity contribution in [3.63, 3.8) is 0 Å². The molecule has 1 N–H and O–H groups in total. The van der Waals surface area contributed by atoms with E-state index in [1.54, 1.807) is 23.1 Å². The topological polar surface area (TPSA) is 62.2 Å².